The Morgan fingerprint density at radius 1 is 1.34 bits per heavy atom. The Bertz CT molecular complexity index is 1060. The first kappa shape index (κ1) is 19.7. The molecule has 3 aromatic rings. The number of aromatic nitrogens is 3. The zero-order valence-electron chi connectivity index (χ0n) is 17.2. The number of rotatable bonds is 8. The van der Waals surface area contributed by atoms with Crippen LogP contribution in [-0.4, -0.2) is 50.7 Å². The Kier molecular flexibility index (Phi) is 5.71. The topological polar surface area (TPSA) is 84.8 Å². The maximum absolute atomic E-state index is 12.8. The Balaban J connectivity index is 1.39. The summed E-state index contributed by atoms with van der Waals surface area (Å²) in [4.78, 5) is 27.5. The Morgan fingerprint density at radius 2 is 2.21 bits per heavy atom. The van der Waals surface area contributed by atoms with Gasteiger partial charge in [0.1, 0.15) is 11.3 Å². The second-order valence-electron chi connectivity index (χ2n) is 7.67. The van der Waals surface area contributed by atoms with E-state index in [-0.39, 0.29) is 11.5 Å². The van der Waals surface area contributed by atoms with Gasteiger partial charge in [-0.2, -0.15) is 5.10 Å². The van der Waals surface area contributed by atoms with Gasteiger partial charge in [0.2, 0.25) is 5.91 Å². The average Bonchev–Trinajstić information content (AvgIpc) is 3.43. The van der Waals surface area contributed by atoms with Gasteiger partial charge in [-0.15, -0.1) is 0 Å². The van der Waals surface area contributed by atoms with Crippen molar-refractivity contribution in [3.8, 4) is 0 Å². The second kappa shape index (κ2) is 8.41. The molecular weight excluding hydrogens is 370 g/mol. The van der Waals surface area contributed by atoms with Gasteiger partial charge in [0.15, 0.2) is 5.58 Å². The van der Waals surface area contributed by atoms with E-state index in [9.17, 15) is 9.59 Å². The van der Waals surface area contributed by atoms with Crippen molar-refractivity contribution in [1.29, 1.82) is 0 Å². The first-order valence-electron chi connectivity index (χ1n) is 10.6. The minimum absolute atomic E-state index is 0.0398. The number of aryl methyl sites for hydroxylation is 2. The van der Waals surface area contributed by atoms with Crippen LogP contribution in [0.1, 0.15) is 45.4 Å². The highest BCUT2D eigenvalue weighted by atomic mass is 16.3. The average molecular weight is 399 g/mol. The fraction of sp³-hybridized carbons (Fsp3) is 0.571. The molecule has 1 amide bonds. The molecule has 1 fully saturated rings. The van der Waals surface area contributed by atoms with Crippen LogP contribution in [0, 0.1) is 0 Å². The molecule has 0 aliphatic carbocycles. The molecule has 1 aliphatic heterocycles. The third-order valence-electron chi connectivity index (χ3n) is 5.90. The molecule has 0 bridgehead atoms. The minimum atomic E-state index is -0.154. The zero-order chi connectivity index (χ0) is 20.4. The lowest BCUT2D eigenvalue weighted by Gasteiger charge is -2.22. The van der Waals surface area contributed by atoms with E-state index >= 15 is 0 Å². The number of nitrogens with one attached hydrogen (secondary N) is 1. The summed E-state index contributed by atoms with van der Waals surface area (Å²) in [6.45, 7) is 7.46. The number of furan rings is 1. The van der Waals surface area contributed by atoms with Crippen LogP contribution in [0.5, 0.6) is 0 Å². The molecule has 8 nitrogen and oxygen atoms in total. The number of carbonyl (C=O) groups excluding carboxylic acids is 1. The van der Waals surface area contributed by atoms with Crippen molar-refractivity contribution in [2.24, 2.45) is 0 Å². The van der Waals surface area contributed by atoms with Crippen LogP contribution in [0.3, 0.4) is 0 Å². The Morgan fingerprint density at radius 3 is 3.00 bits per heavy atom. The lowest BCUT2D eigenvalue weighted by atomic mass is 10.2. The highest BCUT2D eigenvalue weighted by Crippen LogP contribution is 2.20. The first-order chi connectivity index (χ1) is 14.1. The van der Waals surface area contributed by atoms with Gasteiger partial charge in [-0.25, -0.2) is 4.68 Å². The molecule has 4 heterocycles. The zero-order valence-corrected chi connectivity index (χ0v) is 17.2. The number of amides is 1. The van der Waals surface area contributed by atoms with Crippen molar-refractivity contribution >= 4 is 22.5 Å². The summed E-state index contributed by atoms with van der Waals surface area (Å²) in [7, 11) is 0. The highest BCUT2D eigenvalue weighted by Gasteiger charge is 2.23. The standard InChI is InChI=1S/C21H29N5O3/c1-3-19-23-25(21(28)17-13-18-16(26(17)19)9-12-29-18)11-6-8-20(27)22-14-15-7-5-10-24(15)4-2/h9,12-13,15H,3-8,10-11,14H2,1-2H3,(H,22,27). The normalized spacial score (nSPS) is 17.5. The molecule has 1 saturated heterocycles. The van der Waals surface area contributed by atoms with Crippen LogP contribution in [0.15, 0.2) is 27.6 Å². The summed E-state index contributed by atoms with van der Waals surface area (Å²) >= 11 is 0. The van der Waals surface area contributed by atoms with Crippen LogP contribution in [-0.2, 0) is 17.8 Å². The third-order valence-corrected chi connectivity index (χ3v) is 5.90. The minimum Gasteiger partial charge on any atom is -0.463 e. The monoisotopic (exact) mass is 399 g/mol. The van der Waals surface area contributed by atoms with Gasteiger partial charge in [0.05, 0.1) is 11.8 Å². The maximum atomic E-state index is 12.8. The van der Waals surface area contributed by atoms with E-state index in [0.29, 0.717) is 49.5 Å². The predicted molar refractivity (Wildman–Crippen MR) is 111 cm³/mol. The van der Waals surface area contributed by atoms with E-state index in [1.54, 1.807) is 12.3 Å². The fourth-order valence-electron chi connectivity index (χ4n) is 4.36. The van der Waals surface area contributed by atoms with Gasteiger partial charge in [0.25, 0.3) is 5.56 Å². The number of carbonyl (C=O) groups is 1. The Labute approximate surface area is 169 Å². The molecule has 0 spiro atoms. The van der Waals surface area contributed by atoms with Gasteiger partial charge < -0.3 is 9.73 Å². The molecule has 29 heavy (non-hydrogen) atoms. The predicted octanol–water partition coefficient (Wildman–Crippen LogP) is 2.19. The maximum Gasteiger partial charge on any atom is 0.291 e. The molecule has 1 aliphatic rings. The number of nitrogens with zero attached hydrogens (tertiary/aromatic N) is 4. The number of likely N-dealkylation sites (tertiary alicyclic amines) is 1. The van der Waals surface area contributed by atoms with Crippen molar-refractivity contribution in [2.75, 3.05) is 19.6 Å². The molecule has 4 rings (SSSR count). The Hall–Kier alpha value is -2.61. The molecule has 0 aromatic carbocycles. The van der Waals surface area contributed by atoms with Gasteiger partial charge >= 0.3 is 0 Å². The fourth-order valence-corrected chi connectivity index (χ4v) is 4.36. The van der Waals surface area contributed by atoms with Gasteiger partial charge in [-0.05, 0) is 32.4 Å². The highest BCUT2D eigenvalue weighted by molar-refractivity contribution is 5.82. The molecule has 156 valence electrons. The van der Waals surface area contributed by atoms with Gasteiger partial charge in [0, 0.05) is 44.1 Å². The summed E-state index contributed by atoms with van der Waals surface area (Å²) in [5.74, 6) is 0.847. The largest absolute Gasteiger partial charge is 0.463 e. The van der Waals surface area contributed by atoms with E-state index in [1.807, 2.05) is 17.4 Å². The molecule has 0 radical (unpaired) electrons. The first-order valence-corrected chi connectivity index (χ1v) is 10.6. The lowest BCUT2D eigenvalue weighted by molar-refractivity contribution is -0.121. The van der Waals surface area contributed by atoms with Crippen LogP contribution < -0.4 is 10.9 Å². The number of hydrogen-bond donors (Lipinski definition) is 1. The molecule has 3 aromatic heterocycles. The number of hydrogen-bond acceptors (Lipinski definition) is 5. The molecule has 8 heteroatoms. The molecule has 1 N–H and O–H groups in total. The molecule has 1 atom stereocenters. The van der Waals surface area contributed by atoms with E-state index in [2.05, 4.69) is 22.2 Å². The lowest BCUT2D eigenvalue weighted by Crippen LogP contribution is -2.40. The summed E-state index contributed by atoms with van der Waals surface area (Å²) in [6, 6.07) is 4.07. The summed E-state index contributed by atoms with van der Waals surface area (Å²) < 4.78 is 8.79. The van der Waals surface area contributed by atoms with Crippen LogP contribution >= 0.6 is 0 Å². The van der Waals surface area contributed by atoms with Crippen molar-refractivity contribution in [3.63, 3.8) is 0 Å². The van der Waals surface area contributed by atoms with Crippen molar-refractivity contribution < 1.29 is 9.21 Å². The van der Waals surface area contributed by atoms with Crippen LogP contribution in [0.2, 0.25) is 0 Å². The van der Waals surface area contributed by atoms with Crippen molar-refractivity contribution in [3.05, 3.63) is 34.6 Å². The summed E-state index contributed by atoms with van der Waals surface area (Å²) in [5.41, 5.74) is 1.96. The molecular formula is C21H29N5O3. The summed E-state index contributed by atoms with van der Waals surface area (Å²) in [6.07, 6.45) is 5.64. The van der Waals surface area contributed by atoms with E-state index < -0.39 is 0 Å². The van der Waals surface area contributed by atoms with E-state index in [1.165, 1.54) is 11.1 Å². The van der Waals surface area contributed by atoms with Crippen LogP contribution in [0.25, 0.3) is 16.6 Å². The molecule has 0 saturated carbocycles. The van der Waals surface area contributed by atoms with Crippen LogP contribution in [0.4, 0.5) is 0 Å². The summed E-state index contributed by atoms with van der Waals surface area (Å²) in [5, 5.41) is 7.59. The van der Waals surface area contributed by atoms with Crippen molar-refractivity contribution in [1.82, 2.24) is 24.4 Å². The van der Waals surface area contributed by atoms with Gasteiger partial charge in [-0.3, -0.25) is 18.9 Å². The van der Waals surface area contributed by atoms with Crippen molar-refractivity contribution in [2.45, 2.75) is 58.5 Å². The van der Waals surface area contributed by atoms with Gasteiger partial charge in [-0.1, -0.05) is 13.8 Å². The quantitative estimate of drug-likeness (QED) is 0.628. The van der Waals surface area contributed by atoms with E-state index in [4.69, 9.17) is 4.42 Å². The number of fused-ring (bicyclic) bond motifs is 3. The third kappa shape index (κ3) is 3.81. The number of likely N-dealkylation sites (N-methyl/N-ethyl adjacent to an activating group) is 1. The SMILES string of the molecule is CCc1nn(CCCC(=O)NCC2CCCN2CC)c(=O)c2cc3occc3n12. The molecule has 1 unspecified atom stereocenters. The smallest absolute Gasteiger partial charge is 0.291 e. The second-order valence-corrected chi connectivity index (χ2v) is 7.67. The van der Waals surface area contributed by atoms with E-state index in [0.717, 1.165) is 30.9 Å².